The van der Waals surface area contributed by atoms with Gasteiger partial charge in [-0.15, -0.1) is 0 Å². The van der Waals surface area contributed by atoms with Crippen molar-refractivity contribution in [3.05, 3.63) is 72.6 Å². The molecule has 2 heterocycles. The molecule has 1 saturated carbocycles. The van der Waals surface area contributed by atoms with Crippen molar-refractivity contribution in [2.75, 3.05) is 18.5 Å². The number of aromatic nitrogens is 3. The number of carbonyl (C=O) groups excluding carboxylic acids is 1. The highest BCUT2D eigenvalue weighted by atomic mass is 16.3. The van der Waals surface area contributed by atoms with E-state index in [-0.39, 0.29) is 19.1 Å². The number of aliphatic hydroxyl groups excluding tert-OH is 2. The average molecular weight is 444 g/mol. The Kier molecular flexibility index (Phi) is 5.77. The van der Waals surface area contributed by atoms with E-state index in [0.717, 1.165) is 35.4 Å². The van der Waals surface area contributed by atoms with Gasteiger partial charge in [-0.1, -0.05) is 42.5 Å². The predicted molar refractivity (Wildman–Crippen MR) is 126 cm³/mol. The van der Waals surface area contributed by atoms with E-state index in [1.165, 1.54) is 0 Å². The van der Waals surface area contributed by atoms with Gasteiger partial charge in [-0.3, -0.25) is 9.20 Å². The van der Waals surface area contributed by atoms with Crippen LogP contribution < -0.4 is 10.6 Å². The molecule has 0 aliphatic heterocycles. The number of hydrogen-bond donors (Lipinski definition) is 4. The summed E-state index contributed by atoms with van der Waals surface area (Å²) in [5.74, 6) is 0.460. The number of carbonyl (C=O) groups is 1. The van der Waals surface area contributed by atoms with Gasteiger partial charge >= 0.3 is 0 Å². The molecule has 1 aliphatic rings. The molecule has 8 nitrogen and oxygen atoms in total. The molecule has 2 aromatic heterocycles. The van der Waals surface area contributed by atoms with Crippen LogP contribution in [-0.2, 0) is 0 Å². The molecule has 0 spiro atoms. The first-order valence-electron chi connectivity index (χ1n) is 11.0. The van der Waals surface area contributed by atoms with Crippen molar-refractivity contribution in [1.82, 2.24) is 19.7 Å². The van der Waals surface area contributed by atoms with Gasteiger partial charge in [0.15, 0.2) is 11.5 Å². The summed E-state index contributed by atoms with van der Waals surface area (Å²) in [4.78, 5) is 21.6. The van der Waals surface area contributed by atoms with Crippen LogP contribution in [0.3, 0.4) is 0 Å². The zero-order valence-corrected chi connectivity index (χ0v) is 18.0. The monoisotopic (exact) mass is 443 g/mol. The fourth-order valence-electron chi connectivity index (χ4n) is 3.64. The van der Waals surface area contributed by atoms with E-state index in [0.29, 0.717) is 23.1 Å². The predicted octanol–water partition coefficient (Wildman–Crippen LogP) is 2.72. The van der Waals surface area contributed by atoms with Crippen LogP contribution >= 0.6 is 0 Å². The third kappa shape index (κ3) is 4.57. The molecular formula is C25H25N5O3. The van der Waals surface area contributed by atoms with Gasteiger partial charge < -0.3 is 20.8 Å². The smallest absolute Gasteiger partial charge is 0.251 e. The van der Waals surface area contributed by atoms with Crippen LogP contribution in [0.4, 0.5) is 5.82 Å². The quantitative estimate of drug-likeness (QED) is 0.333. The van der Waals surface area contributed by atoms with E-state index in [1.807, 2.05) is 65.2 Å². The molecule has 33 heavy (non-hydrogen) atoms. The maximum absolute atomic E-state index is 12.3. The van der Waals surface area contributed by atoms with E-state index in [2.05, 4.69) is 15.6 Å². The zero-order valence-electron chi connectivity index (χ0n) is 18.0. The summed E-state index contributed by atoms with van der Waals surface area (Å²) in [6, 6.07) is 17.6. The van der Waals surface area contributed by atoms with E-state index < -0.39 is 6.10 Å². The normalized spacial score (nSPS) is 14.2. The summed E-state index contributed by atoms with van der Waals surface area (Å²) in [5, 5.41) is 25.1. The van der Waals surface area contributed by atoms with Gasteiger partial charge in [0.1, 0.15) is 0 Å². The largest absolute Gasteiger partial charge is 0.394 e. The second kappa shape index (κ2) is 9.01. The minimum absolute atomic E-state index is 0.0494. The van der Waals surface area contributed by atoms with Gasteiger partial charge in [-0.2, -0.15) is 0 Å². The third-order valence-corrected chi connectivity index (χ3v) is 5.63. The second-order valence-corrected chi connectivity index (χ2v) is 8.22. The Morgan fingerprint density at radius 1 is 1.09 bits per heavy atom. The van der Waals surface area contributed by atoms with Crippen LogP contribution in [0.5, 0.6) is 0 Å². The van der Waals surface area contributed by atoms with Crippen molar-refractivity contribution in [2.24, 2.45) is 0 Å². The number of amides is 1. The lowest BCUT2D eigenvalue weighted by Crippen LogP contribution is -2.25. The molecule has 1 aliphatic carbocycles. The second-order valence-electron chi connectivity index (χ2n) is 8.22. The van der Waals surface area contributed by atoms with Crippen molar-refractivity contribution in [2.45, 2.75) is 25.0 Å². The summed E-state index contributed by atoms with van der Waals surface area (Å²) < 4.78 is 1.95. The van der Waals surface area contributed by atoms with Crippen LogP contribution in [0, 0.1) is 0 Å². The molecule has 0 saturated heterocycles. The van der Waals surface area contributed by atoms with E-state index in [1.54, 1.807) is 6.20 Å². The molecule has 1 atom stereocenters. The van der Waals surface area contributed by atoms with Crippen LogP contribution in [-0.4, -0.2) is 55.8 Å². The van der Waals surface area contributed by atoms with Gasteiger partial charge in [-0.05, 0) is 25.0 Å². The zero-order chi connectivity index (χ0) is 22.8. The Bertz CT molecular complexity index is 1270. The molecule has 5 rings (SSSR count). The standard InChI is InChI=1S/C25H25N5O3/c31-15-20(32)12-26-23-24-27-13-22(30(24)14-21(29-23)16-4-2-1-3-5-16)17-6-8-18(9-7-17)25(33)28-19-10-11-19/h1-9,13-14,19-20,31-32H,10-12,15H2,(H,26,29)(H,28,33)/t20-/m0/s1. The van der Waals surface area contributed by atoms with Gasteiger partial charge in [0.2, 0.25) is 0 Å². The summed E-state index contributed by atoms with van der Waals surface area (Å²) in [5.41, 5.74) is 4.68. The van der Waals surface area contributed by atoms with Crippen molar-refractivity contribution in [3.8, 4) is 22.5 Å². The third-order valence-electron chi connectivity index (χ3n) is 5.63. The number of benzene rings is 2. The molecule has 0 radical (unpaired) electrons. The highest BCUT2D eigenvalue weighted by molar-refractivity contribution is 5.95. The first-order chi connectivity index (χ1) is 16.1. The van der Waals surface area contributed by atoms with Crippen LogP contribution in [0.2, 0.25) is 0 Å². The molecule has 1 fully saturated rings. The molecule has 0 bridgehead atoms. The first kappa shape index (κ1) is 21.1. The Morgan fingerprint density at radius 3 is 2.55 bits per heavy atom. The van der Waals surface area contributed by atoms with Crippen molar-refractivity contribution in [3.63, 3.8) is 0 Å². The van der Waals surface area contributed by atoms with Crippen LogP contribution in [0.15, 0.2) is 67.0 Å². The fourth-order valence-corrected chi connectivity index (χ4v) is 3.64. The topological polar surface area (TPSA) is 112 Å². The number of nitrogens with zero attached hydrogens (tertiary/aromatic N) is 3. The van der Waals surface area contributed by atoms with Gasteiger partial charge in [0.05, 0.1) is 30.3 Å². The molecule has 1 amide bonds. The number of imidazole rings is 1. The minimum Gasteiger partial charge on any atom is -0.394 e. The van der Waals surface area contributed by atoms with Crippen molar-refractivity contribution < 1.29 is 15.0 Å². The minimum atomic E-state index is -0.906. The highest BCUT2D eigenvalue weighted by Crippen LogP contribution is 2.28. The van der Waals surface area contributed by atoms with Gasteiger partial charge in [-0.25, -0.2) is 9.97 Å². The maximum Gasteiger partial charge on any atom is 0.251 e. The lowest BCUT2D eigenvalue weighted by atomic mass is 10.1. The summed E-state index contributed by atoms with van der Waals surface area (Å²) in [7, 11) is 0. The Hall–Kier alpha value is -3.75. The Morgan fingerprint density at radius 2 is 1.85 bits per heavy atom. The molecule has 4 aromatic rings. The Balaban J connectivity index is 1.53. The SMILES string of the molecule is O=C(NC1CC1)c1ccc(-c2cnc3c(NC[C@H](O)CO)nc(-c4ccccc4)cn23)cc1. The van der Waals surface area contributed by atoms with E-state index >= 15 is 0 Å². The number of anilines is 1. The molecule has 2 aromatic carbocycles. The lowest BCUT2D eigenvalue weighted by Gasteiger charge is -2.13. The molecule has 168 valence electrons. The summed E-state index contributed by atoms with van der Waals surface area (Å²) in [6.45, 7) is -0.202. The lowest BCUT2D eigenvalue weighted by molar-refractivity contribution is 0.0951. The van der Waals surface area contributed by atoms with Gasteiger partial charge in [0, 0.05) is 35.5 Å². The van der Waals surface area contributed by atoms with Crippen molar-refractivity contribution in [1.29, 1.82) is 0 Å². The summed E-state index contributed by atoms with van der Waals surface area (Å²) in [6.07, 6.45) is 4.88. The van der Waals surface area contributed by atoms with E-state index in [4.69, 9.17) is 10.1 Å². The average Bonchev–Trinajstić information content (AvgIpc) is 3.57. The number of hydrogen-bond acceptors (Lipinski definition) is 6. The highest BCUT2D eigenvalue weighted by Gasteiger charge is 2.23. The Labute approximate surface area is 191 Å². The maximum atomic E-state index is 12.3. The molecule has 8 heteroatoms. The van der Waals surface area contributed by atoms with Crippen LogP contribution in [0.25, 0.3) is 28.2 Å². The number of rotatable bonds is 8. The molecule has 0 unspecified atom stereocenters. The molecular weight excluding hydrogens is 418 g/mol. The summed E-state index contributed by atoms with van der Waals surface area (Å²) >= 11 is 0. The van der Waals surface area contributed by atoms with Crippen molar-refractivity contribution >= 4 is 17.4 Å². The molecule has 4 N–H and O–H groups in total. The first-order valence-corrected chi connectivity index (χ1v) is 11.0. The van der Waals surface area contributed by atoms with E-state index in [9.17, 15) is 9.90 Å². The number of fused-ring (bicyclic) bond motifs is 1. The van der Waals surface area contributed by atoms with Gasteiger partial charge in [0.25, 0.3) is 5.91 Å². The van der Waals surface area contributed by atoms with Crippen LogP contribution in [0.1, 0.15) is 23.2 Å². The fraction of sp³-hybridized carbons (Fsp3) is 0.240. The number of aliphatic hydroxyl groups is 2. The number of nitrogens with one attached hydrogen (secondary N) is 2.